The molecule has 1 aromatic carbocycles. The first-order chi connectivity index (χ1) is 8.72. The summed E-state index contributed by atoms with van der Waals surface area (Å²) in [5, 5.41) is 12.2. The Kier molecular flexibility index (Phi) is 4.37. The van der Waals surface area contributed by atoms with E-state index >= 15 is 0 Å². The number of benzene rings is 1. The molecule has 0 bridgehead atoms. The van der Waals surface area contributed by atoms with Gasteiger partial charge in [0.15, 0.2) is 0 Å². The lowest BCUT2D eigenvalue weighted by Crippen LogP contribution is -2.30. The van der Waals surface area contributed by atoms with Crippen LogP contribution in [0.5, 0.6) is 0 Å². The van der Waals surface area contributed by atoms with Gasteiger partial charge in [-0.1, -0.05) is 35.5 Å². The average Bonchev–Trinajstić information content (AvgIpc) is 2.40. The van der Waals surface area contributed by atoms with Crippen LogP contribution in [0.25, 0.3) is 0 Å². The molecule has 0 radical (unpaired) electrons. The van der Waals surface area contributed by atoms with Crippen molar-refractivity contribution in [3.8, 4) is 0 Å². The van der Waals surface area contributed by atoms with Crippen molar-refractivity contribution in [1.82, 2.24) is 4.90 Å². The molecule has 18 heavy (non-hydrogen) atoms. The van der Waals surface area contributed by atoms with Crippen LogP contribution in [-0.2, 0) is 0 Å². The van der Waals surface area contributed by atoms with Crippen LogP contribution in [0.1, 0.15) is 37.3 Å². The lowest BCUT2D eigenvalue weighted by atomic mass is 9.80. The standard InChI is InChI=1S/C15H22N2O/c1-17(2)15(12-6-4-3-5-7-12)13-8-10-14(16-18)11-9-13/h3-7,13,15,18H,8-11H2,1-2H3. The van der Waals surface area contributed by atoms with Crippen LogP contribution in [0.4, 0.5) is 0 Å². The van der Waals surface area contributed by atoms with E-state index < -0.39 is 0 Å². The maximum atomic E-state index is 8.82. The molecule has 1 fully saturated rings. The third-order valence-electron chi connectivity index (χ3n) is 3.89. The molecule has 1 aliphatic rings. The predicted molar refractivity (Wildman–Crippen MR) is 74.0 cm³/mol. The minimum absolute atomic E-state index is 0.464. The molecule has 0 aliphatic heterocycles. The zero-order valence-corrected chi connectivity index (χ0v) is 11.2. The van der Waals surface area contributed by atoms with E-state index in [9.17, 15) is 0 Å². The molecule has 1 saturated carbocycles. The van der Waals surface area contributed by atoms with Gasteiger partial charge in [-0.15, -0.1) is 0 Å². The Morgan fingerprint density at radius 1 is 1.17 bits per heavy atom. The van der Waals surface area contributed by atoms with Crippen molar-refractivity contribution in [3.63, 3.8) is 0 Å². The lowest BCUT2D eigenvalue weighted by molar-refractivity contribution is 0.189. The molecular weight excluding hydrogens is 224 g/mol. The number of hydrogen-bond donors (Lipinski definition) is 1. The Labute approximate surface area is 109 Å². The molecule has 1 atom stereocenters. The Morgan fingerprint density at radius 3 is 2.28 bits per heavy atom. The van der Waals surface area contributed by atoms with Crippen molar-refractivity contribution in [3.05, 3.63) is 35.9 Å². The van der Waals surface area contributed by atoms with Gasteiger partial charge in [0.1, 0.15) is 0 Å². The fourth-order valence-electron chi connectivity index (χ4n) is 3.03. The van der Waals surface area contributed by atoms with Gasteiger partial charge in [0.2, 0.25) is 0 Å². The van der Waals surface area contributed by atoms with Gasteiger partial charge in [-0.2, -0.15) is 0 Å². The Morgan fingerprint density at radius 2 is 1.78 bits per heavy atom. The summed E-state index contributed by atoms with van der Waals surface area (Å²) in [5.41, 5.74) is 2.34. The summed E-state index contributed by atoms with van der Waals surface area (Å²) in [4.78, 5) is 2.31. The van der Waals surface area contributed by atoms with E-state index in [1.54, 1.807) is 0 Å². The van der Waals surface area contributed by atoms with Gasteiger partial charge in [-0.05, 0) is 51.3 Å². The molecule has 1 aliphatic carbocycles. The highest BCUT2D eigenvalue weighted by molar-refractivity contribution is 5.84. The number of rotatable bonds is 3. The van der Waals surface area contributed by atoms with E-state index in [0.717, 1.165) is 31.4 Å². The summed E-state index contributed by atoms with van der Waals surface area (Å²) >= 11 is 0. The summed E-state index contributed by atoms with van der Waals surface area (Å²) < 4.78 is 0. The molecule has 98 valence electrons. The molecule has 0 heterocycles. The number of oxime groups is 1. The summed E-state index contributed by atoms with van der Waals surface area (Å²) in [6, 6.07) is 11.2. The van der Waals surface area contributed by atoms with E-state index in [2.05, 4.69) is 54.5 Å². The molecule has 0 spiro atoms. The second-order valence-corrected chi connectivity index (χ2v) is 5.32. The highest BCUT2D eigenvalue weighted by atomic mass is 16.4. The smallest absolute Gasteiger partial charge is 0.0571 e. The molecule has 1 aromatic rings. The summed E-state index contributed by atoms with van der Waals surface area (Å²) in [6.45, 7) is 0. The predicted octanol–water partition coefficient (Wildman–Crippen LogP) is 3.31. The van der Waals surface area contributed by atoms with Crippen molar-refractivity contribution in [2.24, 2.45) is 11.1 Å². The lowest BCUT2D eigenvalue weighted by Gasteiger charge is -2.35. The Balaban J connectivity index is 2.13. The van der Waals surface area contributed by atoms with Crippen LogP contribution in [0.2, 0.25) is 0 Å². The van der Waals surface area contributed by atoms with Crippen molar-refractivity contribution >= 4 is 5.71 Å². The van der Waals surface area contributed by atoms with Gasteiger partial charge in [-0.3, -0.25) is 0 Å². The first-order valence-corrected chi connectivity index (χ1v) is 6.63. The third-order valence-corrected chi connectivity index (χ3v) is 3.89. The molecule has 1 unspecified atom stereocenters. The third kappa shape index (κ3) is 2.91. The van der Waals surface area contributed by atoms with Crippen molar-refractivity contribution in [2.75, 3.05) is 14.1 Å². The van der Waals surface area contributed by atoms with E-state index in [0.29, 0.717) is 12.0 Å². The van der Waals surface area contributed by atoms with Gasteiger partial charge in [0, 0.05) is 6.04 Å². The van der Waals surface area contributed by atoms with Gasteiger partial charge < -0.3 is 10.1 Å². The Bertz CT molecular complexity index is 390. The molecule has 3 heteroatoms. The van der Waals surface area contributed by atoms with Crippen LogP contribution < -0.4 is 0 Å². The molecule has 2 rings (SSSR count). The number of nitrogens with zero attached hydrogens (tertiary/aromatic N) is 2. The van der Waals surface area contributed by atoms with Gasteiger partial charge in [0.25, 0.3) is 0 Å². The highest BCUT2D eigenvalue weighted by Gasteiger charge is 2.28. The molecule has 3 nitrogen and oxygen atoms in total. The molecule has 1 N–H and O–H groups in total. The van der Waals surface area contributed by atoms with Crippen molar-refractivity contribution in [1.29, 1.82) is 0 Å². The minimum atomic E-state index is 0.464. The topological polar surface area (TPSA) is 35.8 Å². The summed E-state index contributed by atoms with van der Waals surface area (Å²) in [6.07, 6.45) is 4.07. The quantitative estimate of drug-likeness (QED) is 0.656. The first kappa shape index (κ1) is 13.1. The van der Waals surface area contributed by atoms with Crippen molar-refractivity contribution in [2.45, 2.75) is 31.7 Å². The molecule has 0 amide bonds. The van der Waals surface area contributed by atoms with Crippen LogP contribution >= 0.6 is 0 Å². The fourth-order valence-corrected chi connectivity index (χ4v) is 3.03. The van der Waals surface area contributed by atoms with Crippen molar-refractivity contribution < 1.29 is 5.21 Å². The van der Waals surface area contributed by atoms with Gasteiger partial charge in [-0.25, -0.2) is 0 Å². The monoisotopic (exact) mass is 246 g/mol. The van der Waals surface area contributed by atoms with E-state index in [1.165, 1.54) is 5.56 Å². The largest absolute Gasteiger partial charge is 0.411 e. The average molecular weight is 246 g/mol. The van der Waals surface area contributed by atoms with E-state index in [4.69, 9.17) is 5.21 Å². The second-order valence-electron chi connectivity index (χ2n) is 5.32. The summed E-state index contributed by atoms with van der Waals surface area (Å²) in [5.74, 6) is 0.646. The maximum Gasteiger partial charge on any atom is 0.0571 e. The van der Waals surface area contributed by atoms with Gasteiger partial charge in [0.05, 0.1) is 5.71 Å². The molecular formula is C15H22N2O. The SMILES string of the molecule is CN(C)C(c1ccccc1)C1CCC(=NO)CC1. The van der Waals surface area contributed by atoms with E-state index in [1.807, 2.05) is 0 Å². The first-order valence-electron chi connectivity index (χ1n) is 6.63. The van der Waals surface area contributed by atoms with E-state index in [-0.39, 0.29) is 0 Å². The normalized spacial score (nSPS) is 21.9. The molecule has 0 saturated heterocycles. The second kappa shape index (κ2) is 6.01. The van der Waals surface area contributed by atoms with Crippen LogP contribution in [0, 0.1) is 5.92 Å². The van der Waals surface area contributed by atoms with Crippen LogP contribution in [-0.4, -0.2) is 29.9 Å². The molecule has 0 aromatic heterocycles. The van der Waals surface area contributed by atoms with Crippen LogP contribution in [0.3, 0.4) is 0 Å². The highest BCUT2D eigenvalue weighted by Crippen LogP contribution is 2.36. The summed E-state index contributed by atoms with van der Waals surface area (Å²) in [7, 11) is 4.29. The fraction of sp³-hybridized carbons (Fsp3) is 0.533. The Hall–Kier alpha value is -1.35. The zero-order valence-electron chi connectivity index (χ0n) is 11.2. The maximum absolute atomic E-state index is 8.82. The van der Waals surface area contributed by atoms with Gasteiger partial charge >= 0.3 is 0 Å². The van der Waals surface area contributed by atoms with Crippen LogP contribution in [0.15, 0.2) is 35.5 Å². The minimum Gasteiger partial charge on any atom is -0.411 e. The number of hydrogen-bond acceptors (Lipinski definition) is 3. The zero-order chi connectivity index (χ0) is 13.0.